The Labute approximate surface area is 140 Å². The van der Waals surface area contributed by atoms with E-state index in [1.165, 1.54) is 4.68 Å². The lowest BCUT2D eigenvalue weighted by Crippen LogP contribution is -2.36. The van der Waals surface area contributed by atoms with E-state index in [0.29, 0.717) is 29.9 Å². The number of fused-ring (bicyclic) bond motifs is 1. The average Bonchev–Trinajstić information content (AvgIpc) is 3.12. The number of hydrogen-bond donors (Lipinski definition) is 0. The van der Waals surface area contributed by atoms with E-state index in [1.54, 1.807) is 18.2 Å². The van der Waals surface area contributed by atoms with Gasteiger partial charge in [0.15, 0.2) is 0 Å². The van der Waals surface area contributed by atoms with Gasteiger partial charge in [0.05, 0.1) is 18.5 Å². The van der Waals surface area contributed by atoms with Crippen LogP contribution < -0.4 is 5.56 Å². The molecule has 1 aliphatic heterocycles. The monoisotopic (exact) mass is 330 g/mol. The predicted molar refractivity (Wildman–Crippen MR) is 89.6 cm³/mol. The maximum absolute atomic E-state index is 12.4. The maximum atomic E-state index is 12.4. The summed E-state index contributed by atoms with van der Waals surface area (Å²) in [7, 11) is 0. The molecular weight excluding hydrogens is 308 g/mol. The first-order chi connectivity index (χ1) is 11.7. The standard InChI is InChI=1S/C17H22N4O3/c1-2-20(11-13-8-10-24-12-13)16(22)7-9-21-17(23)14-5-3-4-6-15(14)18-19-21/h3-6,13H,2,7-12H2,1H3. The Kier molecular flexibility index (Phi) is 5.20. The summed E-state index contributed by atoms with van der Waals surface area (Å²) in [4.78, 5) is 26.6. The topological polar surface area (TPSA) is 77.3 Å². The van der Waals surface area contributed by atoms with Gasteiger partial charge in [0.2, 0.25) is 5.91 Å². The molecule has 0 spiro atoms. The van der Waals surface area contributed by atoms with Crippen molar-refractivity contribution in [1.29, 1.82) is 0 Å². The van der Waals surface area contributed by atoms with E-state index in [4.69, 9.17) is 4.74 Å². The largest absolute Gasteiger partial charge is 0.381 e. The SMILES string of the molecule is CCN(CC1CCOC1)C(=O)CCn1nnc2ccccc2c1=O. The van der Waals surface area contributed by atoms with E-state index in [-0.39, 0.29) is 24.4 Å². The first-order valence-electron chi connectivity index (χ1n) is 8.37. The van der Waals surface area contributed by atoms with Gasteiger partial charge in [-0.25, -0.2) is 4.68 Å². The molecule has 1 atom stereocenters. The van der Waals surface area contributed by atoms with Crippen LogP contribution in [0.25, 0.3) is 10.9 Å². The van der Waals surface area contributed by atoms with E-state index >= 15 is 0 Å². The Hall–Kier alpha value is -2.28. The summed E-state index contributed by atoms with van der Waals surface area (Å²) >= 11 is 0. The lowest BCUT2D eigenvalue weighted by molar-refractivity contribution is -0.131. The number of hydrogen-bond acceptors (Lipinski definition) is 5. The Morgan fingerprint density at radius 2 is 2.25 bits per heavy atom. The molecule has 1 unspecified atom stereocenters. The third kappa shape index (κ3) is 3.62. The molecule has 24 heavy (non-hydrogen) atoms. The normalized spacial score (nSPS) is 17.3. The van der Waals surface area contributed by atoms with Crippen LogP contribution >= 0.6 is 0 Å². The van der Waals surface area contributed by atoms with E-state index in [1.807, 2.05) is 17.9 Å². The number of aryl methyl sites for hydroxylation is 1. The summed E-state index contributed by atoms with van der Waals surface area (Å²) in [6, 6.07) is 7.09. The Bertz CT molecular complexity index is 768. The maximum Gasteiger partial charge on any atom is 0.277 e. The molecule has 1 saturated heterocycles. The molecule has 0 saturated carbocycles. The van der Waals surface area contributed by atoms with E-state index in [2.05, 4.69) is 10.3 Å². The Morgan fingerprint density at radius 1 is 1.42 bits per heavy atom. The molecule has 2 aromatic rings. The molecule has 1 aromatic carbocycles. The van der Waals surface area contributed by atoms with Crippen molar-refractivity contribution in [2.45, 2.75) is 26.3 Å². The molecule has 2 heterocycles. The molecule has 7 heteroatoms. The van der Waals surface area contributed by atoms with Crippen LogP contribution in [-0.2, 0) is 16.1 Å². The minimum Gasteiger partial charge on any atom is -0.381 e. The van der Waals surface area contributed by atoms with Crippen molar-refractivity contribution in [3.8, 4) is 0 Å². The van der Waals surface area contributed by atoms with Crippen LogP contribution in [0.2, 0.25) is 0 Å². The first kappa shape index (κ1) is 16.6. The van der Waals surface area contributed by atoms with Gasteiger partial charge in [0, 0.05) is 32.0 Å². The highest BCUT2D eigenvalue weighted by Gasteiger charge is 2.21. The number of carbonyl (C=O) groups is 1. The molecule has 1 fully saturated rings. The summed E-state index contributed by atoms with van der Waals surface area (Å²) in [6.45, 7) is 5.09. The second-order valence-electron chi connectivity index (χ2n) is 6.05. The molecule has 1 amide bonds. The zero-order valence-corrected chi connectivity index (χ0v) is 13.9. The molecule has 7 nitrogen and oxygen atoms in total. The smallest absolute Gasteiger partial charge is 0.277 e. The summed E-state index contributed by atoms with van der Waals surface area (Å²) in [6.07, 6.45) is 1.24. The van der Waals surface area contributed by atoms with Gasteiger partial charge in [-0.3, -0.25) is 9.59 Å². The predicted octanol–water partition coefficient (Wildman–Crippen LogP) is 1.07. The Morgan fingerprint density at radius 3 is 3.00 bits per heavy atom. The highest BCUT2D eigenvalue weighted by atomic mass is 16.5. The average molecular weight is 330 g/mol. The second-order valence-corrected chi connectivity index (χ2v) is 6.05. The number of benzene rings is 1. The van der Waals surface area contributed by atoms with Crippen molar-refractivity contribution in [2.24, 2.45) is 5.92 Å². The van der Waals surface area contributed by atoms with Crippen LogP contribution in [0.3, 0.4) is 0 Å². The zero-order valence-electron chi connectivity index (χ0n) is 13.9. The molecule has 0 aliphatic carbocycles. The molecule has 1 aromatic heterocycles. The summed E-state index contributed by atoms with van der Waals surface area (Å²) in [5.41, 5.74) is 0.363. The number of aromatic nitrogens is 3. The summed E-state index contributed by atoms with van der Waals surface area (Å²) in [5, 5.41) is 8.49. The highest BCUT2D eigenvalue weighted by Crippen LogP contribution is 2.14. The van der Waals surface area contributed by atoms with Gasteiger partial charge in [0.25, 0.3) is 5.56 Å². The molecule has 0 radical (unpaired) electrons. The quantitative estimate of drug-likeness (QED) is 0.792. The van der Waals surface area contributed by atoms with Crippen LogP contribution in [0.15, 0.2) is 29.1 Å². The number of carbonyl (C=O) groups excluding carboxylic acids is 1. The van der Waals surface area contributed by atoms with Crippen molar-refractivity contribution >= 4 is 16.8 Å². The van der Waals surface area contributed by atoms with Gasteiger partial charge in [0.1, 0.15) is 5.52 Å². The highest BCUT2D eigenvalue weighted by molar-refractivity contribution is 5.77. The van der Waals surface area contributed by atoms with E-state index in [9.17, 15) is 9.59 Å². The van der Waals surface area contributed by atoms with Gasteiger partial charge in [-0.2, -0.15) is 0 Å². The molecule has 1 aliphatic rings. The third-order valence-corrected chi connectivity index (χ3v) is 4.40. The van der Waals surface area contributed by atoms with Crippen LogP contribution in [0.1, 0.15) is 19.8 Å². The van der Waals surface area contributed by atoms with Gasteiger partial charge < -0.3 is 9.64 Å². The van der Waals surface area contributed by atoms with Crippen molar-refractivity contribution in [3.63, 3.8) is 0 Å². The van der Waals surface area contributed by atoms with Gasteiger partial charge in [-0.15, -0.1) is 5.10 Å². The lowest BCUT2D eigenvalue weighted by atomic mass is 10.1. The van der Waals surface area contributed by atoms with Crippen LogP contribution in [0.4, 0.5) is 0 Å². The minimum absolute atomic E-state index is 0.0336. The lowest BCUT2D eigenvalue weighted by Gasteiger charge is -2.23. The van der Waals surface area contributed by atoms with Crippen LogP contribution in [0, 0.1) is 5.92 Å². The number of rotatable bonds is 6. The van der Waals surface area contributed by atoms with Gasteiger partial charge in [-0.1, -0.05) is 17.3 Å². The van der Waals surface area contributed by atoms with Crippen molar-refractivity contribution in [3.05, 3.63) is 34.6 Å². The minimum atomic E-state index is -0.208. The van der Waals surface area contributed by atoms with Crippen molar-refractivity contribution in [2.75, 3.05) is 26.3 Å². The van der Waals surface area contributed by atoms with Crippen LogP contribution in [0.5, 0.6) is 0 Å². The molecular formula is C17H22N4O3. The molecule has 128 valence electrons. The number of amides is 1. The summed E-state index contributed by atoms with van der Waals surface area (Å²) in [5.74, 6) is 0.448. The van der Waals surface area contributed by atoms with Crippen molar-refractivity contribution in [1.82, 2.24) is 19.9 Å². The Balaban J connectivity index is 1.64. The van der Waals surface area contributed by atoms with Crippen LogP contribution in [-0.4, -0.2) is 52.1 Å². The fourth-order valence-electron chi connectivity index (χ4n) is 2.98. The van der Waals surface area contributed by atoms with E-state index < -0.39 is 0 Å². The third-order valence-electron chi connectivity index (χ3n) is 4.40. The first-order valence-corrected chi connectivity index (χ1v) is 8.37. The fourth-order valence-corrected chi connectivity index (χ4v) is 2.98. The van der Waals surface area contributed by atoms with Crippen molar-refractivity contribution < 1.29 is 9.53 Å². The molecule has 0 bridgehead atoms. The second kappa shape index (κ2) is 7.53. The molecule has 0 N–H and O–H groups in total. The number of nitrogens with zero attached hydrogens (tertiary/aromatic N) is 4. The number of ether oxygens (including phenoxy) is 1. The zero-order chi connectivity index (χ0) is 16.9. The summed E-state index contributed by atoms with van der Waals surface area (Å²) < 4.78 is 6.64. The van der Waals surface area contributed by atoms with E-state index in [0.717, 1.165) is 19.6 Å². The fraction of sp³-hybridized carbons (Fsp3) is 0.529. The molecule has 3 rings (SSSR count). The van der Waals surface area contributed by atoms with Gasteiger partial charge in [-0.05, 0) is 25.5 Å². The van der Waals surface area contributed by atoms with Gasteiger partial charge >= 0.3 is 0 Å².